The predicted molar refractivity (Wildman–Crippen MR) is 46.0 cm³/mol. The Kier molecular flexibility index (Phi) is 2.19. The molecule has 0 heterocycles. The molecule has 1 aromatic carbocycles. The number of nitrogens with two attached hydrogens (primary N) is 2. The van der Waals surface area contributed by atoms with Crippen LogP contribution in [0.15, 0.2) is 23.1 Å². The summed E-state index contributed by atoms with van der Waals surface area (Å²) in [6, 6.07) is 5.60. The zero-order valence-electron chi connectivity index (χ0n) is 5.54. The van der Waals surface area contributed by atoms with Crippen molar-refractivity contribution in [2.75, 3.05) is 5.73 Å². The molecule has 54 valence electrons. The minimum Gasteiger partial charge on any atom is -0.398 e. The average molecular weight is 154 g/mol. The van der Waals surface area contributed by atoms with E-state index in [0.29, 0.717) is 12.2 Å². The SMILES string of the molecule is NCc1ccc(S)c(N)c1. The fraction of sp³-hybridized carbons (Fsp3) is 0.143. The van der Waals surface area contributed by atoms with Crippen LogP contribution in [0.4, 0.5) is 5.69 Å². The minimum atomic E-state index is 0.526. The van der Waals surface area contributed by atoms with Crippen LogP contribution < -0.4 is 11.5 Å². The smallest absolute Gasteiger partial charge is 0.0452 e. The second kappa shape index (κ2) is 2.94. The molecule has 0 atom stereocenters. The van der Waals surface area contributed by atoms with Gasteiger partial charge in [-0.05, 0) is 17.7 Å². The Hall–Kier alpha value is -0.670. The topological polar surface area (TPSA) is 52.0 Å². The zero-order chi connectivity index (χ0) is 7.56. The van der Waals surface area contributed by atoms with E-state index in [4.69, 9.17) is 11.5 Å². The van der Waals surface area contributed by atoms with E-state index in [0.717, 1.165) is 10.5 Å². The van der Waals surface area contributed by atoms with Gasteiger partial charge >= 0.3 is 0 Å². The number of hydrogen-bond donors (Lipinski definition) is 3. The normalized spacial score (nSPS) is 9.80. The van der Waals surface area contributed by atoms with Gasteiger partial charge in [-0.15, -0.1) is 12.6 Å². The molecule has 0 amide bonds. The highest BCUT2D eigenvalue weighted by Gasteiger charge is 1.93. The van der Waals surface area contributed by atoms with Crippen molar-refractivity contribution >= 4 is 18.3 Å². The summed E-state index contributed by atoms with van der Waals surface area (Å²) >= 11 is 4.12. The van der Waals surface area contributed by atoms with Gasteiger partial charge in [0.25, 0.3) is 0 Å². The lowest BCUT2D eigenvalue weighted by Crippen LogP contribution is -1.97. The van der Waals surface area contributed by atoms with Crippen molar-refractivity contribution in [1.29, 1.82) is 0 Å². The van der Waals surface area contributed by atoms with Crippen LogP contribution in [-0.4, -0.2) is 0 Å². The largest absolute Gasteiger partial charge is 0.398 e. The Bertz CT molecular complexity index is 235. The van der Waals surface area contributed by atoms with Crippen molar-refractivity contribution in [2.24, 2.45) is 5.73 Å². The Labute approximate surface area is 65.6 Å². The molecule has 0 unspecified atom stereocenters. The van der Waals surface area contributed by atoms with Crippen LogP contribution in [0.1, 0.15) is 5.56 Å². The summed E-state index contributed by atoms with van der Waals surface area (Å²) in [7, 11) is 0. The number of nitrogen functional groups attached to an aromatic ring is 1. The highest BCUT2D eigenvalue weighted by Crippen LogP contribution is 2.16. The molecule has 1 aromatic rings. The molecule has 3 heteroatoms. The summed E-state index contributed by atoms with van der Waals surface area (Å²) < 4.78 is 0. The highest BCUT2D eigenvalue weighted by atomic mass is 32.1. The van der Waals surface area contributed by atoms with Crippen LogP contribution in [0, 0.1) is 0 Å². The number of benzene rings is 1. The molecule has 1 rings (SSSR count). The second-order valence-electron chi connectivity index (χ2n) is 2.10. The van der Waals surface area contributed by atoms with E-state index < -0.39 is 0 Å². The standard InChI is InChI=1S/C7H10N2S/c8-4-5-1-2-7(10)6(9)3-5/h1-3,10H,4,8-9H2. The summed E-state index contributed by atoms with van der Waals surface area (Å²) in [6.45, 7) is 0.526. The second-order valence-corrected chi connectivity index (χ2v) is 2.58. The summed E-state index contributed by atoms with van der Waals surface area (Å²) in [5.74, 6) is 0. The van der Waals surface area contributed by atoms with Crippen LogP contribution in [0.3, 0.4) is 0 Å². The van der Waals surface area contributed by atoms with Gasteiger partial charge < -0.3 is 11.5 Å². The molecule has 0 aromatic heterocycles. The molecule has 10 heavy (non-hydrogen) atoms. The maximum absolute atomic E-state index is 5.56. The van der Waals surface area contributed by atoms with E-state index in [9.17, 15) is 0 Å². The Balaban J connectivity index is 3.04. The van der Waals surface area contributed by atoms with Crippen LogP contribution in [0.25, 0.3) is 0 Å². The number of rotatable bonds is 1. The van der Waals surface area contributed by atoms with E-state index in [2.05, 4.69) is 12.6 Å². The summed E-state index contributed by atoms with van der Waals surface area (Å²) in [6.07, 6.45) is 0. The fourth-order valence-corrected chi connectivity index (χ4v) is 0.870. The van der Waals surface area contributed by atoms with Crippen LogP contribution in [0.5, 0.6) is 0 Å². The van der Waals surface area contributed by atoms with Crippen LogP contribution >= 0.6 is 12.6 Å². The van der Waals surface area contributed by atoms with Gasteiger partial charge in [0.15, 0.2) is 0 Å². The van der Waals surface area contributed by atoms with Gasteiger partial charge in [-0.1, -0.05) is 6.07 Å². The molecule has 0 aliphatic carbocycles. The lowest BCUT2D eigenvalue weighted by Gasteiger charge is -2.00. The quantitative estimate of drug-likeness (QED) is 0.418. The first-order chi connectivity index (χ1) is 4.74. The third kappa shape index (κ3) is 1.43. The van der Waals surface area contributed by atoms with Gasteiger partial charge in [-0.2, -0.15) is 0 Å². The van der Waals surface area contributed by atoms with Gasteiger partial charge in [0.1, 0.15) is 0 Å². The summed E-state index contributed by atoms with van der Waals surface area (Å²) in [5.41, 5.74) is 12.7. The fourth-order valence-electron chi connectivity index (χ4n) is 0.731. The molecular weight excluding hydrogens is 144 g/mol. The van der Waals surface area contributed by atoms with E-state index in [1.165, 1.54) is 0 Å². The molecule has 0 aliphatic heterocycles. The van der Waals surface area contributed by atoms with Crippen molar-refractivity contribution < 1.29 is 0 Å². The van der Waals surface area contributed by atoms with Crippen LogP contribution in [-0.2, 0) is 6.54 Å². The zero-order valence-corrected chi connectivity index (χ0v) is 6.44. The predicted octanol–water partition coefficient (Wildman–Crippen LogP) is 1.02. The molecule has 4 N–H and O–H groups in total. The summed E-state index contributed by atoms with van der Waals surface area (Å²) in [4.78, 5) is 0.803. The molecule has 0 fully saturated rings. The first-order valence-corrected chi connectivity index (χ1v) is 3.46. The van der Waals surface area contributed by atoms with Crippen molar-refractivity contribution in [3.8, 4) is 0 Å². The number of hydrogen-bond acceptors (Lipinski definition) is 3. The number of anilines is 1. The Morgan fingerprint density at radius 1 is 1.40 bits per heavy atom. The van der Waals surface area contributed by atoms with Crippen molar-refractivity contribution in [3.05, 3.63) is 23.8 Å². The average Bonchev–Trinajstić information content (AvgIpc) is 1.95. The molecule has 0 saturated carbocycles. The summed E-state index contributed by atoms with van der Waals surface area (Å²) in [5, 5.41) is 0. The van der Waals surface area contributed by atoms with Gasteiger partial charge in [-0.25, -0.2) is 0 Å². The van der Waals surface area contributed by atoms with Gasteiger partial charge in [0.2, 0.25) is 0 Å². The molecule has 0 aliphatic rings. The van der Waals surface area contributed by atoms with Gasteiger partial charge in [0.05, 0.1) is 0 Å². The minimum absolute atomic E-state index is 0.526. The Morgan fingerprint density at radius 3 is 2.60 bits per heavy atom. The van der Waals surface area contributed by atoms with E-state index in [1.807, 2.05) is 18.2 Å². The monoisotopic (exact) mass is 154 g/mol. The Morgan fingerprint density at radius 2 is 2.10 bits per heavy atom. The number of thiol groups is 1. The lowest BCUT2D eigenvalue weighted by atomic mass is 10.2. The molecule has 0 radical (unpaired) electrons. The molecule has 0 bridgehead atoms. The first kappa shape index (κ1) is 7.44. The van der Waals surface area contributed by atoms with Crippen molar-refractivity contribution in [3.63, 3.8) is 0 Å². The van der Waals surface area contributed by atoms with E-state index in [1.54, 1.807) is 0 Å². The van der Waals surface area contributed by atoms with Gasteiger partial charge in [-0.3, -0.25) is 0 Å². The molecule has 0 spiro atoms. The third-order valence-electron chi connectivity index (χ3n) is 1.33. The van der Waals surface area contributed by atoms with Gasteiger partial charge in [0, 0.05) is 17.1 Å². The maximum Gasteiger partial charge on any atom is 0.0452 e. The lowest BCUT2D eigenvalue weighted by molar-refractivity contribution is 1.07. The van der Waals surface area contributed by atoms with Crippen molar-refractivity contribution in [2.45, 2.75) is 11.4 Å². The van der Waals surface area contributed by atoms with Crippen LogP contribution in [0.2, 0.25) is 0 Å². The highest BCUT2D eigenvalue weighted by molar-refractivity contribution is 7.80. The molecule has 0 saturated heterocycles. The first-order valence-electron chi connectivity index (χ1n) is 3.01. The maximum atomic E-state index is 5.56. The third-order valence-corrected chi connectivity index (χ3v) is 1.73. The van der Waals surface area contributed by atoms with Crippen molar-refractivity contribution in [1.82, 2.24) is 0 Å². The van der Waals surface area contributed by atoms with E-state index in [-0.39, 0.29) is 0 Å². The molecular formula is C7H10N2S. The molecule has 2 nitrogen and oxygen atoms in total. The van der Waals surface area contributed by atoms with E-state index >= 15 is 0 Å².